The number of hydrogen-bond acceptors (Lipinski definition) is 3. The van der Waals surface area contributed by atoms with Gasteiger partial charge in [0.2, 0.25) is 0 Å². The van der Waals surface area contributed by atoms with Gasteiger partial charge in [-0.2, -0.15) is 0 Å². The van der Waals surface area contributed by atoms with Crippen molar-refractivity contribution in [2.24, 2.45) is 5.92 Å². The molecule has 1 unspecified atom stereocenters. The SMILES string of the molecule is Cc1cc(C(=O)NC(C)CC(C)C)sc1C#CCCO. The Morgan fingerprint density at radius 2 is 2.15 bits per heavy atom. The molecule has 110 valence electrons. The molecule has 0 aromatic carbocycles. The van der Waals surface area contributed by atoms with Crippen LogP contribution in [0.2, 0.25) is 0 Å². The van der Waals surface area contributed by atoms with Gasteiger partial charge in [-0.25, -0.2) is 0 Å². The maximum absolute atomic E-state index is 12.1. The fraction of sp³-hybridized carbons (Fsp3) is 0.562. The monoisotopic (exact) mass is 293 g/mol. The molecular weight excluding hydrogens is 270 g/mol. The largest absolute Gasteiger partial charge is 0.395 e. The lowest BCUT2D eigenvalue weighted by Gasteiger charge is -2.15. The first-order chi connectivity index (χ1) is 9.43. The molecule has 2 N–H and O–H groups in total. The zero-order chi connectivity index (χ0) is 15.1. The van der Waals surface area contributed by atoms with Crippen LogP contribution in [0.5, 0.6) is 0 Å². The molecule has 0 spiro atoms. The van der Waals surface area contributed by atoms with E-state index in [1.54, 1.807) is 0 Å². The lowest BCUT2D eigenvalue weighted by atomic mass is 10.1. The van der Waals surface area contributed by atoms with Gasteiger partial charge in [-0.05, 0) is 37.8 Å². The van der Waals surface area contributed by atoms with E-state index in [4.69, 9.17) is 5.11 Å². The fourth-order valence-corrected chi connectivity index (χ4v) is 2.93. The molecule has 4 heteroatoms. The summed E-state index contributed by atoms with van der Waals surface area (Å²) >= 11 is 1.41. The number of carbonyl (C=O) groups is 1. The molecule has 0 fully saturated rings. The van der Waals surface area contributed by atoms with Crippen molar-refractivity contribution in [3.8, 4) is 11.8 Å². The van der Waals surface area contributed by atoms with E-state index in [1.807, 2.05) is 19.9 Å². The Bertz CT molecular complexity index is 508. The molecule has 3 nitrogen and oxygen atoms in total. The molecule has 0 bridgehead atoms. The predicted molar refractivity (Wildman–Crippen MR) is 84.0 cm³/mol. The highest BCUT2D eigenvalue weighted by Gasteiger charge is 2.14. The van der Waals surface area contributed by atoms with Gasteiger partial charge >= 0.3 is 0 Å². The van der Waals surface area contributed by atoms with Gasteiger partial charge < -0.3 is 10.4 Å². The van der Waals surface area contributed by atoms with Gasteiger partial charge in [0.05, 0.1) is 16.4 Å². The lowest BCUT2D eigenvalue weighted by Crippen LogP contribution is -2.32. The van der Waals surface area contributed by atoms with E-state index in [2.05, 4.69) is 31.0 Å². The number of amides is 1. The quantitative estimate of drug-likeness (QED) is 0.820. The number of hydrogen-bond donors (Lipinski definition) is 2. The molecule has 0 aliphatic heterocycles. The Hall–Kier alpha value is -1.31. The molecule has 1 amide bonds. The molecule has 1 rings (SSSR count). The Kier molecular flexibility index (Phi) is 6.77. The summed E-state index contributed by atoms with van der Waals surface area (Å²) in [5, 5.41) is 11.7. The standard InChI is InChI=1S/C16H23NO2S/c1-11(2)9-13(4)17-16(19)15-10-12(3)14(20-15)7-5-6-8-18/h10-11,13,18H,6,8-9H2,1-4H3,(H,17,19). The number of aliphatic hydroxyl groups excluding tert-OH is 1. The third-order valence-corrected chi connectivity index (χ3v) is 3.93. The normalized spacial score (nSPS) is 11.9. The third-order valence-electron chi connectivity index (χ3n) is 2.78. The van der Waals surface area contributed by atoms with E-state index in [9.17, 15) is 4.79 Å². The summed E-state index contributed by atoms with van der Waals surface area (Å²) < 4.78 is 0. The molecule has 1 aromatic rings. The molecule has 20 heavy (non-hydrogen) atoms. The molecule has 1 atom stereocenters. The summed E-state index contributed by atoms with van der Waals surface area (Å²) in [6.45, 7) is 8.34. The fourth-order valence-electron chi connectivity index (χ4n) is 1.98. The average Bonchev–Trinajstić information content (AvgIpc) is 2.70. The summed E-state index contributed by atoms with van der Waals surface area (Å²) in [5.41, 5.74) is 1.02. The summed E-state index contributed by atoms with van der Waals surface area (Å²) in [5.74, 6) is 6.43. The summed E-state index contributed by atoms with van der Waals surface area (Å²) in [6, 6.07) is 2.05. The predicted octanol–water partition coefficient (Wildman–Crippen LogP) is 2.95. The van der Waals surface area contributed by atoms with Gasteiger partial charge in [-0.15, -0.1) is 11.3 Å². The molecule has 0 radical (unpaired) electrons. The van der Waals surface area contributed by atoms with E-state index in [0.717, 1.165) is 16.9 Å². The molecular formula is C16H23NO2S. The van der Waals surface area contributed by atoms with Crippen LogP contribution in [0.4, 0.5) is 0 Å². The summed E-state index contributed by atoms with van der Waals surface area (Å²) in [7, 11) is 0. The van der Waals surface area contributed by atoms with Crippen molar-refractivity contribution in [3.05, 3.63) is 21.4 Å². The second-order valence-corrected chi connectivity index (χ2v) is 6.45. The van der Waals surface area contributed by atoms with Gasteiger partial charge in [0.1, 0.15) is 0 Å². The van der Waals surface area contributed by atoms with Crippen molar-refractivity contribution in [2.75, 3.05) is 6.61 Å². The molecule has 0 aliphatic rings. The average molecular weight is 293 g/mol. The van der Waals surface area contributed by atoms with Gasteiger partial charge in [-0.3, -0.25) is 4.79 Å². The Morgan fingerprint density at radius 3 is 2.75 bits per heavy atom. The van der Waals surface area contributed by atoms with E-state index in [-0.39, 0.29) is 18.6 Å². The minimum atomic E-state index is -0.0264. The van der Waals surface area contributed by atoms with E-state index in [1.165, 1.54) is 11.3 Å². The van der Waals surface area contributed by atoms with Crippen LogP contribution in [0.25, 0.3) is 0 Å². The van der Waals surface area contributed by atoms with Gasteiger partial charge in [-0.1, -0.05) is 25.7 Å². The van der Waals surface area contributed by atoms with Crippen molar-refractivity contribution in [2.45, 2.75) is 46.6 Å². The van der Waals surface area contributed by atoms with Crippen molar-refractivity contribution >= 4 is 17.2 Å². The van der Waals surface area contributed by atoms with Crippen molar-refractivity contribution < 1.29 is 9.90 Å². The lowest BCUT2D eigenvalue weighted by molar-refractivity contribution is 0.0940. The van der Waals surface area contributed by atoms with Gasteiger partial charge in [0.25, 0.3) is 5.91 Å². The van der Waals surface area contributed by atoms with E-state index < -0.39 is 0 Å². The molecule has 0 saturated heterocycles. The summed E-state index contributed by atoms with van der Waals surface area (Å²) in [4.78, 5) is 13.7. The molecule has 1 aromatic heterocycles. The molecule has 0 aliphatic carbocycles. The summed E-state index contributed by atoms with van der Waals surface area (Å²) in [6.07, 6.45) is 1.43. The first-order valence-electron chi connectivity index (χ1n) is 6.95. The topological polar surface area (TPSA) is 49.3 Å². The first-order valence-corrected chi connectivity index (χ1v) is 7.76. The third kappa shape index (κ3) is 5.36. The number of aliphatic hydroxyl groups is 1. The van der Waals surface area contributed by atoms with Crippen molar-refractivity contribution in [1.29, 1.82) is 0 Å². The van der Waals surface area contributed by atoms with Gasteiger partial charge in [0.15, 0.2) is 0 Å². The second kappa shape index (κ2) is 8.08. The highest BCUT2D eigenvalue weighted by molar-refractivity contribution is 7.14. The number of aryl methyl sites for hydroxylation is 1. The van der Waals surface area contributed by atoms with Crippen LogP contribution in [-0.2, 0) is 0 Å². The minimum Gasteiger partial charge on any atom is -0.395 e. The maximum atomic E-state index is 12.1. The number of thiophene rings is 1. The van der Waals surface area contributed by atoms with E-state index >= 15 is 0 Å². The van der Waals surface area contributed by atoms with Crippen LogP contribution in [0, 0.1) is 24.7 Å². The molecule has 0 saturated carbocycles. The Morgan fingerprint density at radius 1 is 1.45 bits per heavy atom. The Labute approximate surface area is 125 Å². The zero-order valence-corrected chi connectivity index (χ0v) is 13.4. The minimum absolute atomic E-state index is 0.0264. The number of carbonyl (C=O) groups excluding carboxylic acids is 1. The highest BCUT2D eigenvalue weighted by atomic mass is 32.1. The van der Waals surface area contributed by atoms with Gasteiger partial charge in [0, 0.05) is 12.5 Å². The van der Waals surface area contributed by atoms with E-state index in [0.29, 0.717) is 17.2 Å². The van der Waals surface area contributed by atoms with Crippen molar-refractivity contribution in [1.82, 2.24) is 5.32 Å². The highest BCUT2D eigenvalue weighted by Crippen LogP contribution is 2.21. The number of nitrogens with one attached hydrogen (secondary N) is 1. The number of rotatable bonds is 5. The van der Waals surface area contributed by atoms with Crippen molar-refractivity contribution in [3.63, 3.8) is 0 Å². The zero-order valence-electron chi connectivity index (χ0n) is 12.6. The van der Waals surface area contributed by atoms with Crippen LogP contribution in [0.15, 0.2) is 6.07 Å². The van der Waals surface area contributed by atoms with Crippen LogP contribution in [0.1, 0.15) is 53.7 Å². The first kappa shape index (κ1) is 16.7. The van der Waals surface area contributed by atoms with Crippen LogP contribution in [0.3, 0.4) is 0 Å². The Balaban J connectivity index is 2.71. The smallest absolute Gasteiger partial charge is 0.261 e. The van der Waals surface area contributed by atoms with Crippen LogP contribution >= 0.6 is 11.3 Å². The molecule has 1 heterocycles. The van der Waals surface area contributed by atoms with Crippen LogP contribution in [-0.4, -0.2) is 23.7 Å². The second-order valence-electron chi connectivity index (χ2n) is 5.40. The maximum Gasteiger partial charge on any atom is 0.261 e. The van der Waals surface area contributed by atoms with Crippen LogP contribution < -0.4 is 5.32 Å².